The van der Waals surface area contributed by atoms with Crippen molar-refractivity contribution in [2.45, 2.75) is 32.6 Å². The maximum atomic E-state index is 5.81. The van der Waals surface area contributed by atoms with Gasteiger partial charge in [-0.2, -0.15) is 0 Å². The molecule has 0 spiro atoms. The van der Waals surface area contributed by atoms with Gasteiger partial charge in [0.15, 0.2) is 0 Å². The van der Waals surface area contributed by atoms with E-state index in [1.807, 2.05) is 12.1 Å². The van der Waals surface area contributed by atoms with Crippen LogP contribution in [0.15, 0.2) is 42.5 Å². The van der Waals surface area contributed by atoms with Crippen LogP contribution in [0, 0.1) is 0 Å². The summed E-state index contributed by atoms with van der Waals surface area (Å²) >= 11 is 0. The smallest absolute Gasteiger partial charge is 0.275 e. The molecule has 1 aliphatic heterocycles. The number of unbranched alkanes of at least 4 members (excludes halogenated alkanes) is 1. The highest BCUT2D eigenvalue weighted by Crippen LogP contribution is 2.36. The Labute approximate surface area is 122 Å². The molecule has 1 unspecified atom stereocenters. The highest BCUT2D eigenvalue weighted by Gasteiger charge is 2.13. The van der Waals surface area contributed by atoms with E-state index in [9.17, 15) is 0 Å². The Morgan fingerprint density at radius 2 is 1.80 bits per heavy atom. The van der Waals surface area contributed by atoms with E-state index in [1.165, 1.54) is 29.5 Å². The molecule has 2 nitrogen and oxygen atoms in total. The third kappa shape index (κ3) is 2.96. The summed E-state index contributed by atoms with van der Waals surface area (Å²) in [6, 6.07) is 14.8. The van der Waals surface area contributed by atoms with Gasteiger partial charge in [-0.15, -0.1) is 0 Å². The number of aryl methyl sites for hydroxylation is 1. The van der Waals surface area contributed by atoms with Gasteiger partial charge in [-0.1, -0.05) is 43.7 Å². The van der Waals surface area contributed by atoms with Gasteiger partial charge < -0.3 is 9.05 Å². The predicted molar refractivity (Wildman–Crippen MR) is 83.9 cm³/mol. The van der Waals surface area contributed by atoms with Crippen molar-refractivity contribution < 1.29 is 9.05 Å². The van der Waals surface area contributed by atoms with E-state index in [1.54, 1.807) is 0 Å². The Morgan fingerprint density at radius 3 is 2.70 bits per heavy atom. The zero-order valence-electron chi connectivity index (χ0n) is 11.7. The first-order valence-corrected chi connectivity index (χ1v) is 7.97. The van der Waals surface area contributed by atoms with E-state index < -0.39 is 0 Å². The van der Waals surface area contributed by atoms with Crippen LogP contribution in [-0.4, -0.2) is 0 Å². The third-order valence-corrected chi connectivity index (χ3v) is 4.21. The van der Waals surface area contributed by atoms with Gasteiger partial charge in [0.1, 0.15) is 11.5 Å². The van der Waals surface area contributed by atoms with Gasteiger partial charge in [0.05, 0.1) is 0 Å². The summed E-state index contributed by atoms with van der Waals surface area (Å²) in [5.74, 6) is 1.91. The van der Waals surface area contributed by atoms with Gasteiger partial charge in [-0.05, 0) is 41.7 Å². The number of hydrogen-bond donors (Lipinski definition) is 0. The first-order chi connectivity index (χ1) is 9.86. The molecule has 20 heavy (non-hydrogen) atoms. The third-order valence-electron chi connectivity index (χ3n) is 3.61. The summed E-state index contributed by atoms with van der Waals surface area (Å²) in [4.78, 5) is 0. The molecule has 3 heteroatoms. The first-order valence-electron chi connectivity index (χ1n) is 7.15. The molecule has 0 aromatic heterocycles. The van der Waals surface area contributed by atoms with Crippen LogP contribution in [0.2, 0.25) is 0 Å². The minimum Gasteiger partial charge on any atom is -0.440 e. The number of fused-ring (bicyclic) bond motifs is 2. The molecule has 0 saturated carbocycles. The van der Waals surface area contributed by atoms with Gasteiger partial charge in [0.2, 0.25) is 0 Å². The summed E-state index contributed by atoms with van der Waals surface area (Å²) < 4.78 is 11.5. The zero-order valence-corrected chi connectivity index (χ0v) is 12.7. The average molecular weight is 286 g/mol. The Hall–Kier alpha value is -1.53. The average Bonchev–Trinajstić information content (AvgIpc) is 2.46. The molecular formula is C17H19O2P. The van der Waals surface area contributed by atoms with Crippen LogP contribution in [0.25, 0.3) is 0 Å². The van der Waals surface area contributed by atoms with Gasteiger partial charge in [-0.3, -0.25) is 0 Å². The number of hydrogen-bond acceptors (Lipinski definition) is 2. The number of benzene rings is 2. The Morgan fingerprint density at radius 1 is 1.00 bits per heavy atom. The SMILES string of the molecule is CCCCc1ccc2c(c1)OPOc1ccccc1C2. The molecule has 0 saturated heterocycles. The van der Waals surface area contributed by atoms with Crippen molar-refractivity contribution in [3.63, 3.8) is 0 Å². The van der Waals surface area contributed by atoms with Crippen molar-refractivity contribution in [2.24, 2.45) is 0 Å². The van der Waals surface area contributed by atoms with Crippen LogP contribution < -0.4 is 9.05 Å². The molecule has 0 N–H and O–H groups in total. The zero-order chi connectivity index (χ0) is 13.8. The van der Waals surface area contributed by atoms with E-state index in [4.69, 9.17) is 9.05 Å². The molecule has 2 aromatic rings. The number of para-hydroxylation sites is 1. The van der Waals surface area contributed by atoms with E-state index in [-0.39, 0.29) is 9.03 Å². The van der Waals surface area contributed by atoms with Crippen LogP contribution in [-0.2, 0) is 12.8 Å². The van der Waals surface area contributed by atoms with Gasteiger partial charge in [-0.25, -0.2) is 0 Å². The molecule has 104 valence electrons. The molecule has 1 heterocycles. The maximum absolute atomic E-state index is 5.81. The maximum Gasteiger partial charge on any atom is 0.275 e. The lowest BCUT2D eigenvalue weighted by atomic mass is 10.00. The minimum absolute atomic E-state index is 0.0230. The van der Waals surface area contributed by atoms with Crippen molar-refractivity contribution in [3.05, 3.63) is 59.2 Å². The molecule has 0 fully saturated rings. The molecule has 1 aliphatic rings. The standard InChI is InChI=1S/C17H19O2P/c1-2-3-6-13-9-10-15-12-14-7-4-5-8-16(14)18-20-19-17(15)11-13/h4-5,7-11,20H,2-3,6,12H2,1H3. The Kier molecular flexibility index (Phi) is 4.22. The lowest BCUT2D eigenvalue weighted by Gasteiger charge is -2.18. The molecule has 0 bridgehead atoms. The summed E-state index contributed by atoms with van der Waals surface area (Å²) in [6.07, 6.45) is 4.42. The topological polar surface area (TPSA) is 18.5 Å². The van der Waals surface area contributed by atoms with Crippen LogP contribution in [0.5, 0.6) is 11.5 Å². The Balaban J connectivity index is 1.89. The highest BCUT2D eigenvalue weighted by atomic mass is 31.1. The molecule has 0 aliphatic carbocycles. The highest BCUT2D eigenvalue weighted by molar-refractivity contribution is 7.27. The van der Waals surface area contributed by atoms with E-state index in [0.29, 0.717) is 0 Å². The van der Waals surface area contributed by atoms with Crippen molar-refractivity contribution in [1.29, 1.82) is 0 Å². The van der Waals surface area contributed by atoms with Crippen molar-refractivity contribution in [3.8, 4) is 11.5 Å². The monoisotopic (exact) mass is 286 g/mol. The molecule has 2 aromatic carbocycles. The van der Waals surface area contributed by atoms with Gasteiger partial charge >= 0.3 is 0 Å². The quantitative estimate of drug-likeness (QED) is 0.747. The predicted octanol–water partition coefficient (Wildman–Crippen LogP) is 4.90. The lowest BCUT2D eigenvalue weighted by molar-refractivity contribution is 0.501. The van der Waals surface area contributed by atoms with Crippen molar-refractivity contribution in [2.75, 3.05) is 0 Å². The normalized spacial score (nSPS) is 14.4. The molecule has 1 atom stereocenters. The summed E-state index contributed by atoms with van der Waals surface area (Å²) in [6.45, 7) is 2.22. The van der Waals surface area contributed by atoms with Gasteiger partial charge in [0, 0.05) is 6.42 Å². The second-order valence-corrected chi connectivity index (χ2v) is 5.69. The van der Waals surface area contributed by atoms with E-state index >= 15 is 0 Å². The van der Waals surface area contributed by atoms with Crippen LogP contribution >= 0.6 is 9.03 Å². The summed E-state index contributed by atoms with van der Waals surface area (Å²) in [5.41, 5.74) is 3.82. The van der Waals surface area contributed by atoms with Crippen molar-refractivity contribution in [1.82, 2.24) is 0 Å². The summed E-state index contributed by atoms with van der Waals surface area (Å²) in [7, 11) is 0.0230. The molecular weight excluding hydrogens is 267 g/mol. The fraction of sp³-hybridized carbons (Fsp3) is 0.294. The van der Waals surface area contributed by atoms with Crippen LogP contribution in [0.4, 0.5) is 0 Å². The first kappa shape index (κ1) is 13.5. The minimum atomic E-state index is 0.0230. The largest absolute Gasteiger partial charge is 0.440 e. The van der Waals surface area contributed by atoms with E-state index in [2.05, 4.69) is 37.3 Å². The van der Waals surface area contributed by atoms with Crippen molar-refractivity contribution >= 4 is 9.03 Å². The second kappa shape index (κ2) is 6.28. The lowest BCUT2D eigenvalue weighted by Crippen LogP contribution is -2.00. The molecule has 3 rings (SSSR count). The Bertz CT molecular complexity index is 595. The molecule has 0 amide bonds. The fourth-order valence-corrected chi connectivity index (χ4v) is 3.05. The van der Waals surface area contributed by atoms with Gasteiger partial charge in [0.25, 0.3) is 9.03 Å². The van der Waals surface area contributed by atoms with Crippen LogP contribution in [0.3, 0.4) is 0 Å². The second-order valence-electron chi connectivity index (χ2n) is 5.12. The number of rotatable bonds is 3. The molecule has 0 radical (unpaired) electrons. The summed E-state index contributed by atoms with van der Waals surface area (Å²) in [5, 5.41) is 0. The fourth-order valence-electron chi connectivity index (χ4n) is 2.44. The van der Waals surface area contributed by atoms with E-state index in [0.717, 1.165) is 24.3 Å². The van der Waals surface area contributed by atoms with Crippen LogP contribution in [0.1, 0.15) is 36.5 Å².